The summed E-state index contributed by atoms with van der Waals surface area (Å²) in [4.78, 5) is 0. The third-order valence-corrected chi connectivity index (χ3v) is 4.86. The maximum Gasteiger partial charge on any atom is 0.141 e. The van der Waals surface area contributed by atoms with E-state index in [1.807, 2.05) is 6.08 Å². The van der Waals surface area contributed by atoms with Crippen molar-refractivity contribution in [1.82, 2.24) is 5.32 Å². The van der Waals surface area contributed by atoms with Crippen LogP contribution < -0.4 is 5.32 Å². The molecule has 120 valence electrons. The fourth-order valence-corrected chi connectivity index (χ4v) is 3.73. The van der Waals surface area contributed by atoms with Crippen molar-refractivity contribution in [3.05, 3.63) is 34.7 Å². The lowest BCUT2D eigenvalue weighted by Crippen LogP contribution is -2.31. The summed E-state index contributed by atoms with van der Waals surface area (Å²) < 4.78 is 14.3. The van der Waals surface area contributed by atoms with E-state index in [-0.39, 0.29) is 40.1 Å². The highest BCUT2D eigenvalue weighted by Gasteiger charge is 2.42. The summed E-state index contributed by atoms with van der Waals surface area (Å²) in [6, 6.07) is 2.62. The van der Waals surface area contributed by atoms with Gasteiger partial charge in [0.1, 0.15) is 5.83 Å². The van der Waals surface area contributed by atoms with E-state index in [1.165, 1.54) is 0 Å². The van der Waals surface area contributed by atoms with Crippen LogP contribution in [0.5, 0.6) is 0 Å². The maximum absolute atomic E-state index is 14.3. The minimum atomic E-state index is -0.354. The smallest absolute Gasteiger partial charge is 0.141 e. The second-order valence-corrected chi connectivity index (χ2v) is 7.93. The molecule has 0 aromatic rings. The quantitative estimate of drug-likeness (QED) is 0.799. The van der Waals surface area contributed by atoms with E-state index < -0.39 is 0 Å². The molecule has 0 saturated carbocycles. The summed E-state index contributed by atoms with van der Waals surface area (Å²) in [6.07, 6.45) is 6.29. The molecular weight excluding hydrogens is 299 g/mol. The second-order valence-electron chi connectivity index (χ2n) is 7.52. The predicted molar refractivity (Wildman–Crippen MR) is 88.8 cm³/mol. The van der Waals surface area contributed by atoms with Gasteiger partial charge in [-0.25, -0.2) is 4.39 Å². The molecule has 0 aromatic carbocycles. The Morgan fingerprint density at radius 1 is 1.45 bits per heavy atom. The van der Waals surface area contributed by atoms with Crippen molar-refractivity contribution in [3.63, 3.8) is 0 Å². The van der Waals surface area contributed by atoms with Gasteiger partial charge in [-0.05, 0) is 36.3 Å². The van der Waals surface area contributed by atoms with Crippen molar-refractivity contribution < 1.29 is 4.39 Å². The van der Waals surface area contributed by atoms with E-state index in [2.05, 4.69) is 32.2 Å². The molecule has 22 heavy (non-hydrogen) atoms. The molecule has 4 unspecified atom stereocenters. The normalized spacial score (nSPS) is 32.7. The van der Waals surface area contributed by atoms with Crippen LogP contribution in [0, 0.1) is 34.5 Å². The third-order valence-electron chi connectivity index (χ3n) is 4.57. The molecule has 2 rings (SSSR count). The molecule has 1 fully saturated rings. The first-order valence-corrected chi connectivity index (χ1v) is 8.16. The molecule has 0 bridgehead atoms. The Morgan fingerprint density at radius 3 is 2.73 bits per heavy atom. The lowest BCUT2D eigenvalue weighted by atomic mass is 9.75. The lowest BCUT2D eigenvalue weighted by Gasteiger charge is -2.28. The molecule has 1 heterocycles. The molecule has 4 atom stereocenters. The fourth-order valence-electron chi connectivity index (χ4n) is 3.51. The zero-order valence-electron chi connectivity index (χ0n) is 13.7. The van der Waals surface area contributed by atoms with Crippen LogP contribution in [0.1, 0.15) is 34.1 Å². The fraction of sp³-hybridized carbons (Fsp3) is 0.611. The van der Waals surface area contributed by atoms with Crippen molar-refractivity contribution in [3.8, 4) is 6.07 Å². The number of nitriles is 1. The number of allylic oxidation sites excluding steroid dienone is 6. The molecule has 0 aromatic heterocycles. The molecule has 4 heteroatoms. The molecule has 2 aliphatic rings. The molecule has 1 N–H and O–H groups in total. The van der Waals surface area contributed by atoms with Crippen molar-refractivity contribution in [2.24, 2.45) is 23.2 Å². The van der Waals surface area contributed by atoms with Crippen LogP contribution in [-0.2, 0) is 0 Å². The minimum absolute atomic E-state index is 0.0790. The van der Waals surface area contributed by atoms with Crippen LogP contribution in [0.25, 0.3) is 0 Å². The van der Waals surface area contributed by atoms with Crippen molar-refractivity contribution in [2.75, 3.05) is 6.54 Å². The highest BCUT2D eigenvalue weighted by atomic mass is 35.5. The van der Waals surface area contributed by atoms with Gasteiger partial charge in [-0.1, -0.05) is 44.5 Å². The van der Waals surface area contributed by atoms with Crippen molar-refractivity contribution in [2.45, 2.75) is 40.2 Å². The predicted octanol–water partition coefficient (Wildman–Crippen LogP) is 4.70. The van der Waals surface area contributed by atoms with Gasteiger partial charge in [0.05, 0.1) is 17.0 Å². The summed E-state index contributed by atoms with van der Waals surface area (Å²) in [5.41, 5.74) is 0.778. The Balaban J connectivity index is 2.25. The van der Waals surface area contributed by atoms with E-state index >= 15 is 0 Å². The topological polar surface area (TPSA) is 35.8 Å². The Kier molecular flexibility index (Phi) is 5.14. The van der Waals surface area contributed by atoms with Crippen LogP contribution in [-0.4, -0.2) is 12.6 Å². The largest absolute Gasteiger partial charge is 0.312 e. The van der Waals surface area contributed by atoms with Gasteiger partial charge in [0, 0.05) is 18.5 Å². The average Bonchev–Trinajstić information content (AvgIpc) is 2.76. The van der Waals surface area contributed by atoms with Crippen LogP contribution in [0.4, 0.5) is 4.39 Å². The Labute approximate surface area is 137 Å². The Bertz CT molecular complexity index is 563. The van der Waals surface area contributed by atoms with Gasteiger partial charge in [-0.2, -0.15) is 5.26 Å². The first-order chi connectivity index (χ1) is 10.2. The van der Waals surface area contributed by atoms with Crippen LogP contribution in [0.2, 0.25) is 0 Å². The zero-order chi connectivity index (χ0) is 16.5. The van der Waals surface area contributed by atoms with Gasteiger partial charge in [-0.15, -0.1) is 0 Å². The number of halogens is 2. The molecule has 1 aliphatic heterocycles. The SMILES string of the molecule is CC1=C(F)C(Cl)=CC=CC1C1CNC(CC(C)(C)C)C1C#N. The Hall–Kier alpha value is -1.11. The van der Waals surface area contributed by atoms with E-state index in [9.17, 15) is 9.65 Å². The van der Waals surface area contributed by atoms with Crippen molar-refractivity contribution in [1.29, 1.82) is 5.26 Å². The summed E-state index contributed by atoms with van der Waals surface area (Å²) in [5.74, 6) is -0.480. The average molecular weight is 323 g/mol. The molecule has 0 amide bonds. The summed E-state index contributed by atoms with van der Waals surface area (Å²) >= 11 is 5.92. The minimum Gasteiger partial charge on any atom is -0.312 e. The first kappa shape index (κ1) is 17.2. The summed E-state index contributed by atoms with van der Waals surface area (Å²) in [7, 11) is 0. The lowest BCUT2D eigenvalue weighted by molar-refractivity contribution is 0.287. The number of hydrogen-bond acceptors (Lipinski definition) is 2. The molecule has 2 nitrogen and oxygen atoms in total. The van der Waals surface area contributed by atoms with Crippen molar-refractivity contribution >= 4 is 11.6 Å². The molecule has 0 radical (unpaired) electrons. The van der Waals surface area contributed by atoms with Gasteiger partial charge in [0.2, 0.25) is 0 Å². The van der Waals surface area contributed by atoms with Gasteiger partial charge < -0.3 is 5.32 Å². The number of nitrogens with one attached hydrogen (secondary N) is 1. The molecule has 1 aliphatic carbocycles. The monoisotopic (exact) mass is 322 g/mol. The third kappa shape index (κ3) is 3.62. The number of hydrogen-bond donors (Lipinski definition) is 1. The van der Waals surface area contributed by atoms with E-state index in [1.54, 1.807) is 19.1 Å². The molecule has 0 spiro atoms. The van der Waals surface area contributed by atoms with E-state index in [4.69, 9.17) is 11.6 Å². The number of rotatable bonds is 2. The van der Waals surface area contributed by atoms with Crippen LogP contribution in [0.3, 0.4) is 0 Å². The second kappa shape index (κ2) is 6.56. The van der Waals surface area contributed by atoms with Gasteiger partial charge >= 0.3 is 0 Å². The highest BCUT2D eigenvalue weighted by molar-refractivity contribution is 6.31. The highest BCUT2D eigenvalue weighted by Crippen LogP contribution is 2.40. The first-order valence-electron chi connectivity index (χ1n) is 7.78. The Morgan fingerprint density at radius 2 is 2.14 bits per heavy atom. The van der Waals surface area contributed by atoms with Crippen LogP contribution in [0.15, 0.2) is 34.7 Å². The van der Waals surface area contributed by atoms with E-state index in [0.29, 0.717) is 5.57 Å². The van der Waals surface area contributed by atoms with Gasteiger partial charge in [0.25, 0.3) is 0 Å². The van der Waals surface area contributed by atoms with E-state index in [0.717, 1.165) is 13.0 Å². The van der Waals surface area contributed by atoms with Crippen LogP contribution >= 0.6 is 11.6 Å². The zero-order valence-corrected chi connectivity index (χ0v) is 14.4. The van der Waals surface area contributed by atoms with Gasteiger partial charge in [0.15, 0.2) is 0 Å². The standard InChI is InChI=1S/C18H24ClFN2/c1-11-12(6-5-7-15(19)17(11)20)14-10-22-16(13(14)9-21)8-18(2,3)4/h5-7,12-14,16,22H,8,10H2,1-4H3. The summed E-state index contributed by atoms with van der Waals surface area (Å²) in [6.45, 7) is 9.04. The molecule has 1 saturated heterocycles. The molecular formula is C18H24ClFN2. The number of nitrogens with zero attached hydrogens (tertiary/aromatic N) is 1. The summed E-state index contributed by atoms with van der Waals surface area (Å²) in [5, 5.41) is 13.3. The maximum atomic E-state index is 14.3. The van der Waals surface area contributed by atoms with Gasteiger partial charge in [-0.3, -0.25) is 0 Å².